The van der Waals surface area contributed by atoms with Gasteiger partial charge >= 0.3 is 0 Å². The summed E-state index contributed by atoms with van der Waals surface area (Å²) in [6.07, 6.45) is -1.76. The van der Waals surface area contributed by atoms with Gasteiger partial charge in [0.05, 0.1) is 11.5 Å². The summed E-state index contributed by atoms with van der Waals surface area (Å²) in [7, 11) is 1.52. The molecule has 0 saturated carbocycles. The van der Waals surface area contributed by atoms with E-state index < -0.39 is 18.5 Å². The molecular weight excluding hydrogens is 272 g/mol. The number of carbonyl (C=O) groups excluding carboxylic acids is 1. The van der Waals surface area contributed by atoms with Crippen LogP contribution in [0.3, 0.4) is 0 Å². The Balaban J connectivity index is 1.99. The van der Waals surface area contributed by atoms with E-state index in [9.17, 15) is 9.90 Å². The van der Waals surface area contributed by atoms with Crippen molar-refractivity contribution in [3.63, 3.8) is 0 Å². The predicted molar refractivity (Wildman–Crippen MR) is 68.3 cm³/mol. The first-order valence-electron chi connectivity index (χ1n) is 6.00. The number of fused-ring (bicyclic) bond motifs is 1. The second-order valence-corrected chi connectivity index (χ2v) is 5.64. The average molecular weight is 290 g/mol. The van der Waals surface area contributed by atoms with Crippen LogP contribution in [0.2, 0.25) is 0 Å². The molecule has 1 N–H and O–H groups in total. The summed E-state index contributed by atoms with van der Waals surface area (Å²) in [4.78, 5) is 12.0. The van der Waals surface area contributed by atoms with Crippen molar-refractivity contribution in [3.8, 4) is 0 Å². The van der Waals surface area contributed by atoms with Gasteiger partial charge in [0, 0.05) is 7.11 Å². The Morgan fingerprint density at radius 1 is 1.53 bits per heavy atom. The molecule has 0 aliphatic carbocycles. The topological polar surface area (TPSA) is 74.2 Å². The van der Waals surface area contributed by atoms with Crippen LogP contribution in [0.5, 0.6) is 0 Å². The number of carbonyl (C=O) groups is 1. The molecule has 4 atom stereocenters. The van der Waals surface area contributed by atoms with Gasteiger partial charge in [-0.3, -0.25) is 4.79 Å². The third-order valence-electron chi connectivity index (χ3n) is 2.96. The largest absolute Gasteiger partial charge is 0.467 e. The summed E-state index contributed by atoms with van der Waals surface area (Å²) in [5, 5.41) is 9.88. The monoisotopic (exact) mass is 290 g/mol. The maximum atomic E-state index is 11.5. The van der Waals surface area contributed by atoms with E-state index in [1.807, 2.05) is 0 Å². The number of allylic oxidation sites excluding steroid dienone is 2. The quantitative estimate of drug-likeness (QED) is 0.588. The van der Waals surface area contributed by atoms with Crippen molar-refractivity contribution >= 4 is 17.5 Å². The van der Waals surface area contributed by atoms with Gasteiger partial charge in [-0.1, -0.05) is 0 Å². The number of aliphatic hydroxyl groups excluding tert-OH is 1. The van der Waals surface area contributed by atoms with E-state index in [0.717, 1.165) is 0 Å². The van der Waals surface area contributed by atoms with Crippen LogP contribution in [0.4, 0.5) is 0 Å². The molecule has 0 bridgehead atoms. The first-order valence-corrected chi connectivity index (χ1v) is 6.88. The fraction of sp³-hybridized carbons (Fsp3) is 0.750. The van der Waals surface area contributed by atoms with E-state index in [4.69, 9.17) is 18.9 Å². The average Bonchev–Trinajstić information content (AvgIpc) is 2.65. The highest BCUT2D eigenvalue weighted by Crippen LogP contribution is 2.42. The Hall–Kier alpha value is -0.600. The van der Waals surface area contributed by atoms with Crippen LogP contribution in [-0.4, -0.2) is 55.1 Å². The molecule has 7 heteroatoms. The highest BCUT2D eigenvalue weighted by Gasteiger charge is 2.48. The Morgan fingerprint density at radius 2 is 2.26 bits per heavy atom. The van der Waals surface area contributed by atoms with Gasteiger partial charge in [0.25, 0.3) is 0 Å². The van der Waals surface area contributed by atoms with Gasteiger partial charge in [-0.25, -0.2) is 0 Å². The van der Waals surface area contributed by atoms with Gasteiger partial charge < -0.3 is 24.1 Å². The van der Waals surface area contributed by atoms with Crippen molar-refractivity contribution in [1.29, 1.82) is 0 Å². The van der Waals surface area contributed by atoms with Gasteiger partial charge in [0.2, 0.25) is 6.29 Å². The smallest absolute Gasteiger partial charge is 0.214 e. The van der Waals surface area contributed by atoms with Gasteiger partial charge in [0.1, 0.15) is 30.0 Å². The zero-order chi connectivity index (χ0) is 14.0. The molecule has 1 saturated heterocycles. The second kappa shape index (κ2) is 6.23. The molecule has 0 aromatic carbocycles. The molecule has 2 aliphatic heterocycles. The van der Waals surface area contributed by atoms with Crippen molar-refractivity contribution in [3.05, 3.63) is 10.7 Å². The van der Waals surface area contributed by atoms with Crippen molar-refractivity contribution < 1.29 is 28.8 Å². The molecule has 2 heterocycles. The molecule has 2 aliphatic rings. The number of ether oxygens (including phenoxy) is 4. The minimum Gasteiger partial charge on any atom is -0.467 e. The first kappa shape index (κ1) is 14.8. The van der Waals surface area contributed by atoms with E-state index in [2.05, 4.69) is 0 Å². The number of aliphatic hydroxyl groups is 1. The Morgan fingerprint density at radius 3 is 2.89 bits per heavy atom. The van der Waals surface area contributed by atoms with Crippen LogP contribution in [0, 0.1) is 0 Å². The zero-order valence-electron chi connectivity index (χ0n) is 11.1. The standard InChI is InChI=1S/C12H18O6S/c1-6(13)10-7(2)17-12-11(19-10)9(14)8(18-12)4-16-5-15-3/h8-9,11-12,14H,4-5H2,1-3H3/t8-,9-,11-,12+/m1/s1. The zero-order valence-corrected chi connectivity index (χ0v) is 11.9. The Kier molecular flexibility index (Phi) is 4.86. The SMILES string of the molecule is COCOC[C@H]1O[C@@H]2OC(C)=C(C(C)=O)S[C@@H]2[C@@H]1O. The van der Waals surface area contributed by atoms with Crippen LogP contribution in [0.15, 0.2) is 10.7 Å². The molecule has 0 unspecified atom stereocenters. The molecule has 108 valence electrons. The van der Waals surface area contributed by atoms with Crippen molar-refractivity contribution in [2.24, 2.45) is 0 Å². The lowest BCUT2D eigenvalue weighted by Crippen LogP contribution is -2.35. The number of Topliss-reactive ketones (excluding diaryl/α,β-unsaturated/α-hetero) is 1. The number of methoxy groups -OCH3 is 1. The minimum absolute atomic E-state index is 0.0627. The van der Waals surface area contributed by atoms with Crippen molar-refractivity contribution in [1.82, 2.24) is 0 Å². The van der Waals surface area contributed by atoms with E-state index in [-0.39, 0.29) is 24.4 Å². The second-order valence-electron chi connectivity index (χ2n) is 4.45. The lowest BCUT2D eigenvalue weighted by Gasteiger charge is -2.27. The summed E-state index contributed by atoms with van der Waals surface area (Å²) in [6, 6.07) is 0. The maximum Gasteiger partial charge on any atom is 0.214 e. The molecule has 0 aromatic rings. The summed E-state index contributed by atoms with van der Waals surface area (Å²) in [5.74, 6) is 0.483. The number of ketones is 1. The van der Waals surface area contributed by atoms with Crippen LogP contribution < -0.4 is 0 Å². The van der Waals surface area contributed by atoms with Crippen LogP contribution in [0.1, 0.15) is 13.8 Å². The molecule has 1 fully saturated rings. The molecule has 6 nitrogen and oxygen atoms in total. The highest BCUT2D eigenvalue weighted by atomic mass is 32.2. The minimum atomic E-state index is -0.741. The molecule has 0 spiro atoms. The van der Waals surface area contributed by atoms with E-state index in [1.54, 1.807) is 6.92 Å². The lowest BCUT2D eigenvalue weighted by atomic mass is 10.2. The molecule has 19 heavy (non-hydrogen) atoms. The normalized spacial score (nSPS) is 34.1. The van der Waals surface area contributed by atoms with E-state index in [0.29, 0.717) is 10.7 Å². The highest BCUT2D eigenvalue weighted by molar-refractivity contribution is 8.04. The Labute approximate surface area is 116 Å². The number of thioether (sulfide) groups is 1. The van der Waals surface area contributed by atoms with Crippen molar-refractivity contribution in [2.45, 2.75) is 37.6 Å². The van der Waals surface area contributed by atoms with Gasteiger partial charge in [-0.05, 0) is 13.8 Å². The fourth-order valence-electron chi connectivity index (χ4n) is 2.09. The summed E-state index contributed by atoms with van der Waals surface area (Å²) >= 11 is 1.31. The molecule has 0 amide bonds. The first-order chi connectivity index (χ1) is 9.04. The predicted octanol–water partition coefficient (Wildman–Crippen LogP) is 0.645. The fourth-order valence-corrected chi connectivity index (χ4v) is 3.28. The van der Waals surface area contributed by atoms with Crippen molar-refractivity contribution in [2.75, 3.05) is 20.5 Å². The summed E-state index contributed by atoms with van der Waals surface area (Å²) in [6.45, 7) is 3.58. The van der Waals surface area contributed by atoms with Gasteiger partial charge in [0.15, 0.2) is 5.78 Å². The molecule has 2 rings (SSSR count). The maximum absolute atomic E-state index is 11.5. The molecular formula is C12H18O6S. The third kappa shape index (κ3) is 3.11. The van der Waals surface area contributed by atoms with E-state index >= 15 is 0 Å². The number of hydrogen-bond acceptors (Lipinski definition) is 7. The van der Waals surface area contributed by atoms with Gasteiger partial charge in [-0.2, -0.15) is 0 Å². The van der Waals surface area contributed by atoms with Crippen LogP contribution >= 0.6 is 11.8 Å². The lowest BCUT2D eigenvalue weighted by molar-refractivity contribution is -0.141. The molecule has 0 radical (unpaired) electrons. The third-order valence-corrected chi connectivity index (χ3v) is 4.55. The summed E-state index contributed by atoms with van der Waals surface area (Å²) in [5.41, 5.74) is 0. The van der Waals surface area contributed by atoms with E-state index in [1.165, 1.54) is 25.8 Å². The number of hydrogen-bond donors (Lipinski definition) is 1. The Bertz CT molecular complexity index is 382. The number of rotatable bonds is 5. The van der Waals surface area contributed by atoms with Gasteiger partial charge in [-0.15, -0.1) is 11.8 Å². The molecule has 0 aromatic heterocycles. The summed E-state index contributed by atoms with van der Waals surface area (Å²) < 4.78 is 21.1. The van der Waals surface area contributed by atoms with Crippen LogP contribution in [0.25, 0.3) is 0 Å². The van der Waals surface area contributed by atoms with Crippen LogP contribution in [-0.2, 0) is 23.7 Å².